The third kappa shape index (κ3) is 3.13. The number of nitrogens with one attached hydrogen (secondary N) is 1. The second-order valence-corrected chi connectivity index (χ2v) is 8.67. The summed E-state index contributed by atoms with van der Waals surface area (Å²) in [6.07, 6.45) is 0. The molecule has 1 N–H and O–H groups in total. The van der Waals surface area contributed by atoms with Crippen molar-refractivity contribution < 1.29 is 13.2 Å². The first-order chi connectivity index (χ1) is 11.3. The van der Waals surface area contributed by atoms with Crippen molar-refractivity contribution in [2.75, 3.05) is 31.9 Å². The molecule has 130 valence electrons. The Balaban J connectivity index is 1.80. The maximum atomic E-state index is 12.7. The molecule has 24 heavy (non-hydrogen) atoms. The second kappa shape index (κ2) is 6.55. The largest absolute Gasteiger partial charge is 0.349 e. The van der Waals surface area contributed by atoms with Gasteiger partial charge in [0.05, 0.1) is 10.8 Å². The molecule has 2 aromatic rings. The van der Waals surface area contributed by atoms with Gasteiger partial charge in [-0.2, -0.15) is 4.31 Å². The van der Waals surface area contributed by atoms with Crippen molar-refractivity contribution in [2.45, 2.75) is 6.92 Å². The average Bonchev–Trinajstić information content (AvgIpc) is 2.91. The zero-order valence-electron chi connectivity index (χ0n) is 13.1. The van der Waals surface area contributed by atoms with Gasteiger partial charge in [0.15, 0.2) is 0 Å². The highest BCUT2D eigenvalue weighted by molar-refractivity contribution is 7.89. The normalized spacial score (nSPS) is 16.7. The smallest absolute Gasteiger partial charge is 0.271 e. The number of hydrogen-bond donors (Lipinski definition) is 1. The van der Waals surface area contributed by atoms with Crippen molar-refractivity contribution in [3.8, 4) is 0 Å². The minimum Gasteiger partial charge on any atom is -0.349 e. The predicted octanol–water partition coefficient (Wildman–Crippen LogP) is 2.58. The van der Waals surface area contributed by atoms with E-state index < -0.39 is 10.0 Å². The number of halogens is 2. The minimum absolute atomic E-state index is 0.0650. The number of nitrogens with zero attached hydrogens (tertiary/aromatic N) is 2. The Morgan fingerprint density at radius 2 is 1.88 bits per heavy atom. The van der Waals surface area contributed by atoms with E-state index in [1.807, 2.05) is 0 Å². The molecule has 1 aromatic carbocycles. The van der Waals surface area contributed by atoms with Gasteiger partial charge in [0.2, 0.25) is 10.0 Å². The monoisotopic (exact) mass is 389 g/mol. The van der Waals surface area contributed by atoms with E-state index in [9.17, 15) is 13.2 Å². The Hall–Kier alpha value is -1.28. The van der Waals surface area contributed by atoms with E-state index in [4.69, 9.17) is 23.2 Å². The molecular weight excluding hydrogens is 373 g/mol. The van der Waals surface area contributed by atoms with Crippen LogP contribution in [0.3, 0.4) is 0 Å². The molecule has 0 unspecified atom stereocenters. The van der Waals surface area contributed by atoms with Gasteiger partial charge in [-0.05, 0) is 25.1 Å². The number of hydrogen-bond acceptors (Lipinski definition) is 3. The van der Waals surface area contributed by atoms with Crippen LogP contribution in [0.5, 0.6) is 0 Å². The Kier molecular flexibility index (Phi) is 4.79. The number of rotatable bonds is 3. The summed E-state index contributed by atoms with van der Waals surface area (Å²) >= 11 is 12.3. The number of piperazine rings is 1. The Bertz CT molecular complexity index is 887. The maximum Gasteiger partial charge on any atom is 0.271 e. The number of fused-ring (bicyclic) bond motifs is 1. The molecule has 9 heteroatoms. The van der Waals surface area contributed by atoms with Gasteiger partial charge < -0.3 is 9.88 Å². The van der Waals surface area contributed by atoms with E-state index >= 15 is 0 Å². The highest BCUT2D eigenvalue weighted by Gasteiger charge is 2.29. The molecule has 1 aromatic heterocycles. The van der Waals surface area contributed by atoms with Crippen LogP contribution in [-0.2, 0) is 10.0 Å². The van der Waals surface area contributed by atoms with Gasteiger partial charge >= 0.3 is 0 Å². The summed E-state index contributed by atoms with van der Waals surface area (Å²) in [5.41, 5.74) is 1.04. The van der Waals surface area contributed by atoms with Gasteiger partial charge in [0, 0.05) is 42.1 Å². The van der Waals surface area contributed by atoms with Gasteiger partial charge in [0.25, 0.3) is 5.91 Å². The van der Waals surface area contributed by atoms with Crippen LogP contribution in [0.15, 0.2) is 18.2 Å². The molecule has 1 aliphatic heterocycles. The van der Waals surface area contributed by atoms with Crippen molar-refractivity contribution >= 4 is 50.0 Å². The lowest BCUT2D eigenvalue weighted by Gasteiger charge is -2.33. The molecule has 0 saturated carbocycles. The Morgan fingerprint density at radius 1 is 1.21 bits per heavy atom. The van der Waals surface area contributed by atoms with Crippen molar-refractivity contribution in [3.05, 3.63) is 33.9 Å². The molecule has 0 radical (unpaired) electrons. The molecule has 2 heterocycles. The highest BCUT2D eigenvalue weighted by Crippen LogP contribution is 2.30. The van der Waals surface area contributed by atoms with Crippen LogP contribution in [-0.4, -0.2) is 60.4 Å². The fraction of sp³-hybridized carbons (Fsp3) is 0.400. The van der Waals surface area contributed by atoms with Crippen molar-refractivity contribution in [2.24, 2.45) is 0 Å². The number of aromatic nitrogens is 1. The third-order valence-electron chi connectivity index (χ3n) is 4.20. The molecular formula is C15H17Cl2N3O3S. The summed E-state index contributed by atoms with van der Waals surface area (Å²) in [5.74, 6) is -0.170. The molecule has 6 nitrogen and oxygen atoms in total. The number of amides is 1. The van der Waals surface area contributed by atoms with Crippen molar-refractivity contribution in [3.63, 3.8) is 0 Å². The number of benzene rings is 1. The standard InChI is InChI=1S/C15H17Cl2N3O3S/c1-2-24(22,23)20-7-5-19(6-8-20)15(21)14-13(17)11-9-10(16)3-4-12(11)18-14/h3-4,9,18H,2,5-8H2,1H3. The van der Waals surface area contributed by atoms with Crippen LogP contribution in [0.4, 0.5) is 0 Å². The average molecular weight is 390 g/mol. The fourth-order valence-corrected chi connectivity index (χ4v) is 4.33. The van der Waals surface area contributed by atoms with Crippen LogP contribution in [0.1, 0.15) is 17.4 Å². The molecule has 0 aliphatic carbocycles. The minimum atomic E-state index is -3.22. The number of carbonyl (C=O) groups excluding carboxylic acids is 1. The van der Waals surface area contributed by atoms with Gasteiger partial charge in [-0.25, -0.2) is 8.42 Å². The summed E-state index contributed by atoms with van der Waals surface area (Å²) in [6, 6.07) is 5.20. The van der Waals surface area contributed by atoms with E-state index in [0.717, 1.165) is 5.52 Å². The lowest BCUT2D eigenvalue weighted by atomic mass is 10.2. The zero-order valence-corrected chi connectivity index (χ0v) is 15.4. The van der Waals surface area contributed by atoms with Crippen molar-refractivity contribution in [1.29, 1.82) is 0 Å². The molecule has 0 spiro atoms. The highest BCUT2D eigenvalue weighted by atomic mass is 35.5. The molecule has 0 bridgehead atoms. The van der Waals surface area contributed by atoms with Crippen LogP contribution in [0.25, 0.3) is 10.9 Å². The van der Waals surface area contributed by atoms with Crippen LogP contribution in [0, 0.1) is 0 Å². The first-order valence-electron chi connectivity index (χ1n) is 7.57. The molecule has 1 aliphatic rings. The number of H-pyrrole nitrogens is 1. The Labute approximate surface area is 150 Å². The first-order valence-corrected chi connectivity index (χ1v) is 9.94. The van der Waals surface area contributed by atoms with E-state index in [-0.39, 0.29) is 11.7 Å². The van der Waals surface area contributed by atoms with E-state index in [2.05, 4.69) is 4.98 Å². The van der Waals surface area contributed by atoms with E-state index in [1.54, 1.807) is 30.0 Å². The molecule has 1 amide bonds. The van der Waals surface area contributed by atoms with Crippen LogP contribution in [0.2, 0.25) is 10.0 Å². The number of aromatic amines is 1. The van der Waals surface area contributed by atoms with Gasteiger partial charge in [-0.3, -0.25) is 4.79 Å². The van der Waals surface area contributed by atoms with Crippen LogP contribution >= 0.6 is 23.2 Å². The molecule has 1 fully saturated rings. The SMILES string of the molecule is CCS(=O)(=O)N1CCN(C(=O)c2[nH]c3ccc(Cl)cc3c2Cl)CC1. The fourth-order valence-electron chi connectivity index (χ4n) is 2.79. The lowest BCUT2D eigenvalue weighted by molar-refractivity contribution is 0.0693. The quantitative estimate of drug-likeness (QED) is 0.876. The Morgan fingerprint density at radius 3 is 2.50 bits per heavy atom. The van der Waals surface area contributed by atoms with E-state index in [0.29, 0.717) is 47.3 Å². The summed E-state index contributed by atoms with van der Waals surface area (Å²) in [7, 11) is -3.22. The van der Waals surface area contributed by atoms with E-state index in [1.165, 1.54) is 4.31 Å². The van der Waals surface area contributed by atoms with Gasteiger partial charge in [0.1, 0.15) is 5.69 Å². The van der Waals surface area contributed by atoms with Crippen LogP contribution < -0.4 is 0 Å². The summed E-state index contributed by atoms with van der Waals surface area (Å²) < 4.78 is 25.2. The topological polar surface area (TPSA) is 73.5 Å². The molecule has 3 rings (SSSR count). The van der Waals surface area contributed by atoms with Gasteiger partial charge in [-0.1, -0.05) is 23.2 Å². The zero-order chi connectivity index (χ0) is 17.5. The van der Waals surface area contributed by atoms with Gasteiger partial charge in [-0.15, -0.1) is 0 Å². The molecule has 0 atom stereocenters. The molecule has 1 saturated heterocycles. The summed E-state index contributed by atoms with van der Waals surface area (Å²) in [5, 5.41) is 1.57. The predicted molar refractivity (Wildman–Crippen MR) is 95.3 cm³/mol. The second-order valence-electron chi connectivity index (χ2n) is 5.60. The third-order valence-corrected chi connectivity index (χ3v) is 6.70. The van der Waals surface area contributed by atoms with Crippen molar-refractivity contribution in [1.82, 2.24) is 14.2 Å². The number of carbonyl (C=O) groups is 1. The lowest BCUT2D eigenvalue weighted by Crippen LogP contribution is -2.51. The number of sulfonamides is 1. The summed E-state index contributed by atoms with van der Waals surface area (Å²) in [6.45, 7) is 2.88. The summed E-state index contributed by atoms with van der Waals surface area (Å²) in [4.78, 5) is 17.3. The first kappa shape index (κ1) is 17.5. The maximum absolute atomic E-state index is 12.7.